The lowest BCUT2D eigenvalue weighted by Crippen LogP contribution is -2.11. The molecule has 1 atom stereocenters. The summed E-state index contributed by atoms with van der Waals surface area (Å²) in [5.74, 6) is 0. The molecule has 3 aromatic rings. The normalized spacial score (nSPS) is 16.7. The minimum absolute atomic E-state index is 0.291. The lowest BCUT2D eigenvalue weighted by atomic mass is 9.96. The third-order valence-corrected chi connectivity index (χ3v) is 4.94. The van der Waals surface area contributed by atoms with Gasteiger partial charge in [-0.1, -0.05) is 44.0 Å². The van der Waals surface area contributed by atoms with E-state index in [1.807, 2.05) is 6.34 Å². The summed E-state index contributed by atoms with van der Waals surface area (Å²) in [6.45, 7) is 5.43. The van der Waals surface area contributed by atoms with Crippen LogP contribution in [0.2, 0.25) is 0 Å². The molecule has 1 aromatic heterocycles. The quantitative estimate of drug-likeness (QED) is 0.677. The van der Waals surface area contributed by atoms with Crippen molar-refractivity contribution in [3.05, 3.63) is 42.0 Å². The molecule has 0 aliphatic carbocycles. The second kappa shape index (κ2) is 5.73. The van der Waals surface area contributed by atoms with Gasteiger partial charge in [-0.15, -0.1) is 0 Å². The first-order chi connectivity index (χ1) is 11.3. The van der Waals surface area contributed by atoms with E-state index in [1.54, 1.807) is 0 Å². The summed E-state index contributed by atoms with van der Waals surface area (Å²) in [7, 11) is 0. The first-order valence-electron chi connectivity index (χ1n) is 8.67. The van der Waals surface area contributed by atoms with Crippen LogP contribution in [0.5, 0.6) is 0 Å². The van der Waals surface area contributed by atoms with Crippen LogP contribution in [-0.4, -0.2) is 10.9 Å². The molecule has 0 fully saturated rings. The number of unbranched alkanes of at least 4 members (excludes halogenated alkanes) is 1. The number of rotatable bonds is 4. The van der Waals surface area contributed by atoms with Crippen LogP contribution in [0.4, 0.5) is 5.69 Å². The van der Waals surface area contributed by atoms with E-state index >= 15 is 0 Å². The molecule has 1 aliphatic rings. The molecular formula is C20H23N3. The Morgan fingerprint density at radius 2 is 1.96 bits per heavy atom. The molecule has 3 heteroatoms. The molecule has 0 saturated heterocycles. The lowest BCUT2D eigenvalue weighted by Gasteiger charge is -2.22. The maximum atomic E-state index is 4.68. The smallest absolute Gasteiger partial charge is 0.0875 e. The fraction of sp³-hybridized carbons (Fsp3) is 0.350. The minimum atomic E-state index is 0.291. The Balaban J connectivity index is 1.99. The van der Waals surface area contributed by atoms with Crippen LogP contribution < -0.4 is 5.32 Å². The van der Waals surface area contributed by atoms with Gasteiger partial charge < -0.3 is 9.88 Å². The number of benzene rings is 2. The lowest BCUT2D eigenvalue weighted by molar-refractivity contribution is 0.606. The molecule has 118 valence electrons. The number of anilines is 1. The summed E-state index contributed by atoms with van der Waals surface area (Å²) in [4.78, 5) is 4.68. The Hall–Kier alpha value is -2.29. The fourth-order valence-electron chi connectivity index (χ4n) is 3.83. The number of aryl methyl sites for hydroxylation is 1. The summed E-state index contributed by atoms with van der Waals surface area (Å²) in [6.07, 6.45) is 5.45. The number of fused-ring (bicyclic) bond motifs is 5. The van der Waals surface area contributed by atoms with Crippen LogP contribution in [0.25, 0.3) is 21.8 Å². The third-order valence-electron chi connectivity index (χ3n) is 4.94. The SMILES string of the molecule is CCCCC1N=CNc2c1ccc1c2c2ccccc2n1CC. The van der Waals surface area contributed by atoms with E-state index in [2.05, 4.69) is 65.1 Å². The van der Waals surface area contributed by atoms with Gasteiger partial charge in [0.25, 0.3) is 0 Å². The van der Waals surface area contributed by atoms with Crippen molar-refractivity contribution in [3.8, 4) is 0 Å². The number of aromatic nitrogens is 1. The van der Waals surface area contributed by atoms with Crippen molar-refractivity contribution >= 4 is 33.8 Å². The summed E-state index contributed by atoms with van der Waals surface area (Å²) >= 11 is 0. The van der Waals surface area contributed by atoms with Gasteiger partial charge in [0.1, 0.15) is 0 Å². The highest BCUT2D eigenvalue weighted by molar-refractivity contribution is 6.16. The molecule has 0 radical (unpaired) electrons. The Bertz CT molecular complexity index is 889. The van der Waals surface area contributed by atoms with Crippen LogP contribution in [0.1, 0.15) is 44.7 Å². The molecule has 2 heterocycles. The van der Waals surface area contributed by atoms with Crippen LogP contribution in [0.15, 0.2) is 41.4 Å². The number of hydrogen-bond acceptors (Lipinski definition) is 2. The number of aliphatic imine (C=N–C) groups is 1. The average Bonchev–Trinajstić information content (AvgIpc) is 2.93. The van der Waals surface area contributed by atoms with Gasteiger partial charge in [-0.2, -0.15) is 0 Å². The molecule has 4 rings (SSSR count). The molecule has 3 nitrogen and oxygen atoms in total. The second-order valence-electron chi connectivity index (χ2n) is 6.27. The number of nitrogens with zero attached hydrogens (tertiary/aromatic N) is 2. The zero-order chi connectivity index (χ0) is 15.8. The van der Waals surface area contributed by atoms with Gasteiger partial charge in [-0.25, -0.2) is 0 Å². The Morgan fingerprint density at radius 3 is 2.78 bits per heavy atom. The highest BCUT2D eigenvalue weighted by atomic mass is 15.0. The van der Waals surface area contributed by atoms with Crippen molar-refractivity contribution < 1.29 is 0 Å². The number of para-hydroxylation sites is 1. The van der Waals surface area contributed by atoms with Gasteiger partial charge in [0.05, 0.1) is 23.6 Å². The molecule has 0 spiro atoms. The molecule has 0 saturated carbocycles. The predicted octanol–water partition coefficient (Wildman–Crippen LogP) is 5.50. The standard InChI is InChI=1S/C20H23N3/c1-3-5-9-16-14-11-12-18-19(20(14)22-13-21-16)15-8-6-7-10-17(15)23(18)4-2/h6-8,10-13,16H,3-5,9H2,1-2H3,(H,21,22). The maximum absolute atomic E-state index is 4.68. The van der Waals surface area contributed by atoms with Crippen molar-refractivity contribution in [1.82, 2.24) is 4.57 Å². The predicted molar refractivity (Wildman–Crippen MR) is 99.5 cm³/mol. The van der Waals surface area contributed by atoms with Crippen LogP contribution in [0, 0.1) is 0 Å². The summed E-state index contributed by atoms with van der Waals surface area (Å²) in [6, 6.07) is 13.5. The summed E-state index contributed by atoms with van der Waals surface area (Å²) in [5, 5.41) is 6.11. The molecule has 1 N–H and O–H groups in total. The van der Waals surface area contributed by atoms with E-state index in [1.165, 1.54) is 45.9 Å². The average molecular weight is 305 g/mol. The van der Waals surface area contributed by atoms with Crippen LogP contribution in [-0.2, 0) is 6.54 Å². The first-order valence-corrected chi connectivity index (χ1v) is 8.67. The second-order valence-corrected chi connectivity index (χ2v) is 6.27. The van der Waals surface area contributed by atoms with E-state index in [4.69, 9.17) is 0 Å². The van der Waals surface area contributed by atoms with E-state index in [0.717, 1.165) is 13.0 Å². The van der Waals surface area contributed by atoms with E-state index in [0.29, 0.717) is 6.04 Å². The van der Waals surface area contributed by atoms with Crippen molar-refractivity contribution in [3.63, 3.8) is 0 Å². The molecular weight excluding hydrogens is 282 g/mol. The van der Waals surface area contributed by atoms with Gasteiger partial charge in [0.2, 0.25) is 0 Å². The van der Waals surface area contributed by atoms with Crippen molar-refractivity contribution in [2.75, 3.05) is 5.32 Å². The summed E-state index contributed by atoms with van der Waals surface area (Å²) < 4.78 is 2.40. The van der Waals surface area contributed by atoms with Crippen molar-refractivity contribution in [2.45, 2.75) is 45.7 Å². The Labute approximate surface area is 137 Å². The highest BCUT2D eigenvalue weighted by Crippen LogP contribution is 2.41. The Kier molecular flexibility index (Phi) is 3.56. The van der Waals surface area contributed by atoms with Gasteiger partial charge in [-0.05, 0) is 25.5 Å². The van der Waals surface area contributed by atoms with Crippen LogP contribution in [0.3, 0.4) is 0 Å². The zero-order valence-corrected chi connectivity index (χ0v) is 13.8. The first kappa shape index (κ1) is 14.3. The third kappa shape index (κ3) is 2.14. The van der Waals surface area contributed by atoms with E-state index in [-0.39, 0.29) is 0 Å². The molecule has 1 unspecified atom stereocenters. The van der Waals surface area contributed by atoms with E-state index < -0.39 is 0 Å². The molecule has 23 heavy (non-hydrogen) atoms. The van der Waals surface area contributed by atoms with Crippen molar-refractivity contribution in [1.29, 1.82) is 0 Å². The van der Waals surface area contributed by atoms with Crippen LogP contribution >= 0.6 is 0 Å². The molecule has 0 amide bonds. The summed E-state index contributed by atoms with van der Waals surface area (Å²) in [5.41, 5.74) is 5.21. The Morgan fingerprint density at radius 1 is 1.09 bits per heavy atom. The molecule has 1 aliphatic heterocycles. The number of nitrogens with one attached hydrogen (secondary N) is 1. The maximum Gasteiger partial charge on any atom is 0.0875 e. The zero-order valence-electron chi connectivity index (χ0n) is 13.8. The van der Waals surface area contributed by atoms with Gasteiger partial charge in [0, 0.05) is 28.4 Å². The molecule has 2 aromatic carbocycles. The fourth-order valence-corrected chi connectivity index (χ4v) is 3.83. The minimum Gasteiger partial charge on any atom is -0.346 e. The molecule has 0 bridgehead atoms. The number of hydrogen-bond donors (Lipinski definition) is 1. The largest absolute Gasteiger partial charge is 0.346 e. The highest BCUT2D eigenvalue weighted by Gasteiger charge is 2.22. The topological polar surface area (TPSA) is 29.3 Å². The van der Waals surface area contributed by atoms with Gasteiger partial charge in [0.15, 0.2) is 0 Å². The van der Waals surface area contributed by atoms with Gasteiger partial charge in [-0.3, -0.25) is 4.99 Å². The van der Waals surface area contributed by atoms with Gasteiger partial charge >= 0.3 is 0 Å². The van der Waals surface area contributed by atoms with Crippen molar-refractivity contribution in [2.24, 2.45) is 4.99 Å². The van der Waals surface area contributed by atoms with E-state index in [9.17, 15) is 0 Å². The monoisotopic (exact) mass is 305 g/mol.